The summed E-state index contributed by atoms with van der Waals surface area (Å²) in [6, 6.07) is -1.17. The molecule has 1 rings (SSSR count). The summed E-state index contributed by atoms with van der Waals surface area (Å²) in [5, 5.41) is 8.56. The molecule has 0 unspecified atom stereocenters. The zero-order chi connectivity index (χ0) is 12.9. The molecule has 0 bridgehead atoms. The van der Waals surface area contributed by atoms with Gasteiger partial charge in [-0.15, -0.1) is 0 Å². The van der Waals surface area contributed by atoms with Crippen molar-refractivity contribution in [3.63, 3.8) is 0 Å². The van der Waals surface area contributed by atoms with Crippen LogP contribution in [0.3, 0.4) is 0 Å². The van der Waals surface area contributed by atoms with Gasteiger partial charge in [-0.1, -0.05) is 19.3 Å². The highest BCUT2D eigenvalue weighted by atomic mass is 31.2. The van der Waals surface area contributed by atoms with Gasteiger partial charge in [0.1, 0.15) is 6.04 Å². The molecule has 0 aromatic heterocycles. The lowest BCUT2D eigenvalue weighted by Crippen LogP contribution is -2.34. The van der Waals surface area contributed by atoms with E-state index < -0.39 is 19.6 Å². The average Bonchev–Trinajstić information content (AvgIpc) is 2.26. The molecule has 1 saturated carbocycles. The zero-order valence-corrected chi connectivity index (χ0v) is 10.9. The van der Waals surface area contributed by atoms with E-state index in [0.717, 1.165) is 25.7 Å². The van der Waals surface area contributed by atoms with Gasteiger partial charge in [0.2, 0.25) is 0 Å². The number of nitrogens with two attached hydrogens (primary N) is 1. The summed E-state index contributed by atoms with van der Waals surface area (Å²) in [4.78, 5) is 10.5. The van der Waals surface area contributed by atoms with Crippen molar-refractivity contribution in [1.82, 2.24) is 0 Å². The van der Waals surface area contributed by atoms with Crippen LogP contribution in [0.25, 0.3) is 0 Å². The topological polar surface area (TPSA) is 98.9 Å². The first-order valence-electron chi connectivity index (χ1n) is 5.79. The van der Waals surface area contributed by atoms with Crippen LogP contribution in [-0.2, 0) is 18.4 Å². The molecule has 0 amide bonds. The molecule has 6 nitrogen and oxygen atoms in total. The number of carboxylic acids is 1. The van der Waals surface area contributed by atoms with Gasteiger partial charge in [-0.2, -0.15) is 0 Å². The smallest absolute Gasteiger partial charge is 0.327 e. The van der Waals surface area contributed by atoms with Crippen LogP contribution in [0.15, 0.2) is 0 Å². The Bertz CT molecular complexity index is 303. The molecular weight excluding hydrogens is 245 g/mol. The van der Waals surface area contributed by atoms with E-state index >= 15 is 0 Å². The number of carbonyl (C=O) groups is 1. The minimum atomic E-state index is -3.20. The van der Waals surface area contributed by atoms with Crippen LogP contribution in [0.1, 0.15) is 32.1 Å². The van der Waals surface area contributed by atoms with E-state index in [-0.39, 0.29) is 12.7 Å². The number of rotatable bonds is 6. The van der Waals surface area contributed by atoms with Crippen LogP contribution in [0.2, 0.25) is 0 Å². The lowest BCUT2D eigenvalue weighted by molar-refractivity contribution is -0.139. The maximum Gasteiger partial charge on any atom is 0.327 e. The molecule has 0 radical (unpaired) electrons. The highest BCUT2D eigenvalue weighted by Crippen LogP contribution is 2.47. The van der Waals surface area contributed by atoms with E-state index in [1.807, 2.05) is 0 Å². The van der Waals surface area contributed by atoms with Gasteiger partial charge in [0.15, 0.2) is 0 Å². The van der Waals surface area contributed by atoms with Gasteiger partial charge in [-0.3, -0.25) is 9.36 Å². The fourth-order valence-electron chi connectivity index (χ4n) is 1.76. The Morgan fingerprint density at radius 2 is 2.06 bits per heavy atom. The van der Waals surface area contributed by atoms with E-state index in [1.165, 1.54) is 13.1 Å². The van der Waals surface area contributed by atoms with Crippen molar-refractivity contribution in [1.29, 1.82) is 0 Å². The molecule has 7 heteroatoms. The lowest BCUT2D eigenvalue weighted by atomic mass is 9.98. The van der Waals surface area contributed by atoms with E-state index in [1.54, 1.807) is 0 Å². The summed E-state index contributed by atoms with van der Waals surface area (Å²) in [6.45, 7) is 1.06. The minimum absolute atomic E-state index is 0.0411. The second kappa shape index (κ2) is 6.50. The average molecular weight is 265 g/mol. The highest BCUT2D eigenvalue weighted by Gasteiger charge is 2.26. The molecule has 0 aromatic carbocycles. The van der Waals surface area contributed by atoms with Gasteiger partial charge >= 0.3 is 13.6 Å². The van der Waals surface area contributed by atoms with Crippen LogP contribution >= 0.6 is 7.60 Å². The molecular formula is C10H20NO5P. The quantitative estimate of drug-likeness (QED) is 0.707. The largest absolute Gasteiger partial charge is 0.480 e. The Labute approximate surface area is 101 Å². The van der Waals surface area contributed by atoms with Crippen LogP contribution < -0.4 is 5.73 Å². The monoisotopic (exact) mass is 265 g/mol. The lowest BCUT2D eigenvalue weighted by Gasteiger charge is -2.25. The Hall–Kier alpha value is -0.420. The van der Waals surface area contributed by atoms with Crippen molar-refractivity contribution in [3.8, 4) is 0 Å². The fraction of sp³-hybridized carbons (Fsp3) is 0.900. The predicted molar refractivity (Wildman–Crippen MR) is 63.1 cm³/mol. The second-order valence-electron chi connectivity index (χ2n) is 4.38. The van der Waals surface area contributed by atoms with Crippen molar-refractivity contribution in [2.24, 2.45) is 5.73 Å². The second-order valence-corrected chi connectivity index (χ2v) is 6.39. The molecule has 0 saturated heterocycles. The molecule has 1 aliphatic carbocycles. The summed E-state index contributed by atoms with van der Waals surface area (Å²) >= 11 is 0. The molecule has 3 N–H and O–H groups in total. The maximum atomic E-state index is 11.9. The van der Waals surface area contributed by atoms with Crippen LogP contribution in [0.4, 0.5) is 0 Å². The van der Waals surface area contributed by atoms with E-state index in [2.05, 4.69) is 0 Å². The van der Waals surface area contributed by atoms with Gasteiger partial charge in [0.05, 0.1) is 12.7 Å². The van der Waals surface area contributed by atoms with Crippen molar-refractivity contribution in [2.75, 3.05) is 13.3 Å². The molecule has 0 aliphatic heterocycles. The first kappa shape index (κ1) is 14.6. The molecule has 1 fully saturated rings. The third-order valence-electron chi connectivity index (χ3n) is 2.70. The Balaban J connectivity index is 2.34. The van der Waals surface area contributed by atoms with Crippen LogP contribution in [0, 0.1) is 0 Å². The molecule has 100 valence electrons. The zero-order valence-electron chi connectivity index (χ0n) is 10.0. The predicted octanol–water partition coefficient (Wildman–Crippen LogP) is 1.59. The summed E-state index contributed by atoms with van der Waals surface area (Å²) in [6.07, 6.45) is 5.04. The van der Waals surface area contributed by atoms with Gasteiger partial charge in [-0.25, -0.2) is 0 Å². The van der Waals surface area contributed by atoms with Crippen molar-refractivity contribution in [2.45, 2.75) is 44.2 Å². The van der Waals surface area contributed by atoms with Crippen molar-refractivity contribution < 1.29 is 23.5 Å². The van der Waals surface area contributed by atoms with Gasteiger partial charge in [-0.05, 0) is 12.8 Å². The molecule has 2 atom stereocenters. The highest BCUT2D eigenvalue weighted by molar-refractivity contribution is 7.53. The number of hydrogen-bond donors (Lipinski definition) is 2. The van der Waals surface area contributed by atoms with Crippen LogP contribution in [-0.4, -0.2) is 36.5 Å². The van der Waals surface area contributed by atoms with Crippen LogP contribution in [0.5, 0.6) is 0 Å². The first-order chi connectivity index (χ1) is 7.91. The third kappa shape index (κ3) is 5.64. The number of carboxylic acid groups (broad SMARTS) is 1. The standard InChI is InChI=1S/C10H20NO5P/c1-17(14,15-7-9(11)10(12)13)16-8-5-3-2-4-6-8/h8-9H,2-7,11H2,1H3,(H,12,13)/t9-,17-/m0/s1. The summed E-state index contributed by atoms with van der Waals surface area (Å²) in [5.41, 5.74) is 5.26. The van der Waals surface area contributed by atoms with E-state index in [4.69, 9.17) is 19.9 Å². The molecule has 0 aromatic rings. The van der Waals surface area contributed by atoms with Gasteiger partial charge in [0, 0.05) is 6.66 Å². The summed E-state index contributed by atoms with van der Waals surface area (Å²) in [7, 11) is -3.20. The SMILES string of the molecule is C[P@](=O)(OC[C@H](N)C(=O)O)OC1CCCCC1. The third-order valence-corrected chi connectivity index (χ3v) is 4.00. The minimum Gasteiger partial charge on any atom is -0.480 e. The van der Waals surface area contributed by atoms with Crippen molar-refractivity contribution in [3.05, 3.63) is 0 Å². The Kier molecular flexibility index (Phi) is 5.59. The normalized spacial score (nSPS) is 22.9. The van der Waals surface area contributed by atoms with E-state index in [0.29, 0.717) is 0 Å². The Morgan fingerprint density at radius 3 is 2.59 bits per heavy atom. The fourth-order valence-corrected chi connectivity index (χ4v) is 3.00. The molecule has 17 heavy (non-hydrogen) atoms. The molecule has 0 spiro atoms. The maximum absolute atomic E-state index is 11.9. The molecule has 1 aliphatic rings. The number of aliphatic carboxylic acids is 1. The van der Waals surface area contributed by atoms with Gasteiger partial charge in [0.25, 0.3) is 0 Å². The molecule has 0 heterocycles. The Morgan fingerprint density at radius 1 is 1.47 bits per heavy atom. The summed E-state index contributed by atoms with van der Waals surface area (Å²) in [5.74, 6) is -1.18. The summed E-state index contributed by atoms with van der Waals surface area (Å²) < 4.78 is 22.3. The van der Waals surface area contributed by atoms with Gasteiger partial charge < -0.3 is 19.9 Å². The first-order valence-corrected chi connectivity index (χ1v) is 7.78. The van der Waals surface area contributed by atoms with E-state index in [9.17, 15) is 9.36 Å². The number of hydrogen-bond acceptors (Lipinski definition) is 5. The van der Waals surface area contributed by atoms with Crippen molar-refractivity contribution >= 4 is 13.6 Å².